The standard InChI is InChI=1S/C32H33N5O/c38-31(17-23-5-4-14-35(19-23)20-26-8-3-7-24-6-1-2-9-28(24)26)37-15-12-25-18-34-32(29(25)22-37)27-10-11-30-33-13-16-36(30)21-27/h1-3,6-11,13,16,21,23H,4-5,12,14-15,17-20,22H2/t23-/m0/s1. The van der Waals surface area contributed by atoms with Crippen LogP contribution in [0, 0.1) is 5.92 Å². The summed E-state index contributed by atoms with van der Waals surface area (Å²) in [6, 6.07) is 19.4. The van der Waals surface area contributed by atoms with Crippen LogP contribution in [0.5, 0.6) is 0 Å². The lowest BCUT2D eigenvalue weighted by Crippen LogP contribution is -2.41. The minimum absolute atomic E-state index is 0.296. The molecule has 192 valence electrons. The van der Waals surface area contributed by atoms with E-state index in [-0.39, 0.29) is 0 Å². The maximum atomic E-state index is 13.5. The lowest BCUT2D eigenvalue weighted by Gasteiger charge is -2.35. The molecule has 1 amide bonds. The van der Waals surface area contributed by atoms with Crippen molar-refractivity contribution < 1.29 is 4.79 Å². The maximum absolute atomic E-state index is 13.5. The van der Waals surface area contributed by atoms with Crippen molar-refractivity contribution in [3.8, 4) is 0 Å². The molecule has 7 rings (SSSR count). The van der Waals surface area contributed by atoms with Gasteiger partial charge in [-0.15, -0.1) is 0 Å². The van der Waals surface area contributed by atoms with Crippen LogP contribution >= 0.6 is 0 Å². The molecule has 0 spiro atoms. The van der Waals surface area contributed by atoms with E-state index >= 15 is 0 Å². The number of benzene rings is 2. The van der Waals surface area contributed by atoms with E-state index in [1.807, 2.05) is 22.9 Å². The van der Waals surface area contributed by atoms with E-state index in [0.717, 1.165) is 68.9 Å². The Hall–Kier alpha value is -3.77. The van der Waals surface area contributed by atoms with Crippen LogP contribution in [-0.2, 0) is 11.3 Å². The highest BCUT2D eigenvalue weighted by Gasteiger charge is 2.31. The number of carbonyl (C=O) groups is 1. The lowest BCUT2D eigenvalue weighted by atomic mass is 9.92. The molecule has 3 aliphatic heterocycles. The fourth-order valence-corrected chi connectivity index (χ4v) is 6.54. The Bertz CT molecular complexity index is 1580. The number of carbonyl (C=O) groups excluding carboxylic acids is 1. The van der Waals surface area contributed by atoms with Crippen molar-refractivity contribution in [2.24, 2.45) is 10.9 Å². The Morgan fingerprint density at radius 3 is 2.92 bits per heavy atom. The van der Waals surface area contributed by atoms with Gasteiger partial charge in [0.15, 0.2) is 0 Å². The summed E-state index contributed by atoms with van der Waals surface area (Å²) >= 11 is 0. The molecule has 0 unspecified atom stereocenters. The molecule has 1 saturated heterocycles. The van der Waals surface area contributed by atoms with Gasteiger partial charge < -0.3 is 9.30 Å². The molecule has 3 aliphatic rings. The number of imidazole rings is 1. The van der Waals surface area contributed by atoms with E-state index in [4.69, 9.17) is 4.99 Å². The van der Waals surface area contributed by atoms with Crippen LogP contribution in [-0.4, -0.2) is 63.5 Å². The number of amides is 1. The molecule has 0 N–H and O–H groups in total. The van der Waals surface area contributed by atoms with Gasteiger partial charge in [-0.2, -0.15) is 0 Å². The third-order valence-electron chi connectivity index (χ3n) is 8.53. The third kappa shape index (κ3) is 4.43. The van der Waals surface area contributed by atoms with Crippen LogP contribution in [0.3, 0.4) is 0 Å². The van der Waals surface area contributed by atoms with Gasteiger partial charge in [0, 0.05) is 56.8 Å². The summed E-state index contributed by atoms with van der Waals surface area (Å²) in [5.41, 5.74) is 7.12. The molecule has 4 aromatic rings. The second-order valence-electron chi connectivity index (χ2n) is 11.0. The van der Waals surface area contributed by atoms with Crippen LogP contribution < -0.4 is 0 Å². The fraction of sp³-hybridized carbons (Fsp3) is 0.344. The summed E-state index contributed by atoms with van der Waals surface area (Å²) in [5, 5.41) is 2.64. The predicted molar refractivity (Wildman–Crippen MR) is 151 cm³/mol. The highest BCUT2D eigenvalue weighted by molar-refractivity contribution is 6.15. The molecule has 6 heteroatoms. The zero-order chi connectivity index (χ0) is 25.5. The van der Waals surface area contributed by atoms with E-state index in [2.05, 4.69) is 69.5 Å². The van der Waals surface area contributed by atoms with Crippen LogP contribution in [0.25, 0.3) is 16.4 Å². The van der Waals surface area contributed by atoms with E-state index in [1.54, 1.807) is 0 Å². The van der Waals surface area contributed by atoms with Gasteiger partial charge in [-0.1, -0.05) is 42.5 Å². The van der Waals surface area contributed by atoms with Crippen LogP contribution in [0.15, 0.2) is 89.3 Å². The fourth-order valence-electron chi connectivity index (χ4n) is 6.54. The van der Waals surface area contributed by atoms with E-state index in [9.17, 15) is 4.79 Å². The molecule has 1 fully saturated rings. The number of likely N-dealkylation sites (tertiary alicyclic amines) is 1. The van der Waals surface area contributed by atoms with Gasteiger partial charge in [-0.05, 0) is 71.3 Å². The molecule has 2 aromatic heterocycles. The Labute approximate surface area is 223 Å². The highest BCUT2D eigenvalue weighted by Crippen LogP contribution is 2.30. The average molecular weight is 504 g/mol. The topological polar surface area (TPSA) is 53.2 Å². The SMILES string of the molecule is O=C(C[C@@H]1CCCN(Cc2cccc3ccccc23)C1)N1CCC2=C(C1)C(c1ccc3nccn3c1)=NC2. The molecule has 0 bridgehead atoms. The molecule has 1 atom stereocenters. The van der Waals surface area contributed by atoms with Gasteiger partial charge in [0.25, 0.3) is 0 Å². The van der Waals surface area contributed by atoms with Crippen molar-refractivity contribution in [3.63, 3.8) is 0 Å². The molecule has 6 nitrogen and oxygen atoms in total. The molecule has 0 saturated carbocycles. The number of hydrogen-bond acceptors (Lipinski definition) is 4. The summed E-state index contributed by atoms with van der Waals surface area (Å²) in [6.45, 7) is 5.31. The normalized spacial score (nSPS) is 20.3. The zero-order valence-electron chi connectivity index (χ0n) is 21.7. The second kappa shape index (κ2) is 9.84. The lowest BCUT2D eigenvalue weighted by molar-refractivity contribution is -0.132. The maximum Gasteiger partial charge on any atom is 0.223 e. The predicted octanol–water partition coefficient (Wildman–Crippen LogP) is 5.12. The first-order valence-corrected chi connectivity index (χ1v) is 13.9. The van der Waals surface area contributed by atoms with Crippen molar-refractivity contribution >= 4 is 28.0 Å². The Kier molecular flexibility index (Phi) is 6.05. The quantitative estimate of drug-likeness (QED) is 0.380. The van der Waals surface area contributed by atoms with Gasteiger partial charge in [0.05, 0.1) is 12.3 Å². The summed E-state index contributed by atoms with van der Waals surface area (Å²) < 4.78 is 2.04. The first-order chi connectivity index (χ1) is 18.7. The van der Waals surface area contributed by atoms with Crippen LogP contribution in [0.2, 0.25) is 0 Å². The van der Waals surface area contributed by atoms with Crippen molar-refractivity contribution in [2.75, 3.05) is 32.7 Å². The number of fused-ring (bicyclic) bond motifs is 2. The van der Waals surface area contributed by atoms with E-state index in [0.29, 0.717) is 24.8 Å². The summed E-state index contributed by atoms with van der Waals surface area (Å²) in [6.07, 6.45) is 9.75. The van der Waals surface area contributed by atoms with Crippen molar-refractivity contribution in [2.45, 2.75) is 32.2 Å². The number of rotatable bonds is 5. The van der Waals surface area contributed by atoms with Crippen LogP contribution in [0.1, 0.15) is 36.8 Å². The molecule has 0 radical (unpaired) electrons. The molecule has 38 heavy (non-hydrogen) atoms. The first kappa shape index (κ1) is 23.4. The van der Waals surface area contributed by atoms with Crippen molar-refractivity contribution in [1.29, 1.82) is 0 Å². The van der Waals surface area contributed by atoms with Gasteiger partial charge in [0.2, 0.25) is 5.91 Å². The number of aromatic nitrogens is 2. The van der Waals surface area contributed by atoms with Crippen molar-refractivity contribution in [3.05, 3.63) is 95.5 Å². The summed E-state index contributed by atoms with van der Waals surface area (Å²) in [5.74, 6) is 0.715. The van der Waals surface area contributed by atoms with Gasteiger partial charge in [-0.25, -0.2) is 4.98 Å². The minimum Gasteiger partial charge on any atom is -0.338 e. The highest BCUT2D eigenvalue weighted by atomic mass is 16.2. The number of aliphatic imine (C=N–C) groups is 1. The molecular weight excluding hydrogens is 470 g/mol. The van der Waals surface area contributed by atoms with E-state index < -0.39 is 0 Å². The number of hydrogen-bond donors (Lipinski definition) is 0. The smallest absolute Gasteiger partial charge is 0.223 e. The van der Waals surface area contributed by atoms with Crippen LogP contribution in [0.4, 0.5) is 0 Å². The zero-order valence-corrected chi connectivity index (χ0v) is 21.7. The monoisotopic (exact) mass is 503 g/mol. The Balaban J connectivity index is 1.00. The largest absolute Gasteiger partial charge is 0.338 e. The van der Waals surface area contributed by atoms with Crippen molar-refractivity contribution in [1.82, 2.24) is 19.2 Å². The second-order valence-corrected chi connectivity index (χ2v) is 11.0. The number of nitrogens with zero attached hydrogens (tertiary/aromatic N) is 5. The molecule has 2 aromatic carbocycles. The third-order valence-corrected chi connectivity index (χ3v) is 8.53. The molecule has 5 heterocycles. The Morgan fingerprint density at radius 2 is 1.95 bits per heavy atom. The molecule has 0 aliphatic carbocycles. The average Bonchev–Trinajstić information content (AvgIpc) is 3.60. The minimum atomic E-state index is 0.296. The van der Waals surface area contributed by atoms with Gasteiger partial charge in [-0.3, -0.25) is 14.7 Å². The number of pyridine rings is 1. The van der Waals surface area contributed by atoms with Gasteiger partial charge >= 0.3 is 0 Å². The Morgan fingerprint density at radius 1 is 1.03 bits per heavy atom. The van der Waals surface area contributed by atoms with Gasteiger partial charge in [0.1, 0.15) is 5.65 Å². The summed E-state index contributed by atoms with van der Waals surface area (Å²) in [7, 11) is 0. The number of piperidine rings is 1. The van der Waals surface area contributed by atoms with E-state index in [1.165, 1.54) is 27.5 Å². The summed E-state index contributed by atoms with van der Waals surface area (Å²) in [4.78, 5) is 27.4. The first-order valence-electron chi connectivity index (χ1n) is 13.9. The molecular formula is C32H33N5O.